The maximum absolute atomic E-state index is 13.1. The highest BCUT2D eigenvalue weighted by Gasteiger charge is 2.36. The second-order valence-corrected chi connectivity index (χ2v) is 3.85. The number of benzene rings is 2. The van der Waals surface area contributed by atoms with Gasteiger partial charge in [0.2, 0.25) is 0 Å². The maximum Gasteiger partial charge on any atom is 0.420 e. The first-order valence-electron chi connectivity index (χ1n) is 5.26. The third-order valence-corrected chi connectivity index (χ3v) is 2.76. The summed E-state index contributed by atoms with van der Waals surface area (Å²) in [5, 5.41) is 8.83. The van der Waals surface area contributed by atoms with E-state index in [2.05, 4.69) is 0 Å². The molecule has 0 amide bonds. The standard InChI is InChI=1S/C13H9F3O3/c1-19-10-6-5-7-8(11(10)13(14,15)16)3-2-4-9(7)12(17)18/h2-6H,1H3,(H,17,18). The summed E-state index contributed by atoms with van der Waals surface area (Å²) in [6.07, 6.45) is -4.62. The van der Waals surface area contributed by atoms with Gasteiger partial charge >= 0.3 is 12.1 Å². The van der Waals surface area contributed by atoms with Crippen molar-refractivity contribution in [3.8, 4) is 5.75 Å². The largest absolute Gasteiger partial charge is 0.496 e. The Hall–Kier alpha value is -2.24. The van der Waals surface area contributed by atoms with Gasteiger partial charge in [-0.25, -0.2) is 4.79 Å². The molecular weight excluding hydrogens is 261 g/mol. The van der Waals surface area contributed by atoms with Crippen molar-refractivity contribution < 1.29 is 27.8 Å². The number of fused-ring (bicyclic) bond motifs is 1. The van der Waals surface area contributed by atoms with E-state index in [0.29, 0.717) is 0 Å². The van der Waals surface area contributed by atoms with E-state index >= 15 is 0 Å². The van der Waals surface area contributed by atoms with Crippen molar-refractivity contribution in [1.82, 2.24) is 0 Å². The number of methoxy groups -OCH3 is 1. The van der Waals surface area contributed by atoms with Crippen molar-refractivity contribution in [3.05, 3.63) is 41.5 Å². The van der Waals surface area contributed by atoms with E-state index in [0.717, 1.165) is 13.2 Å². The molecular formula is C13H9F3O3. The van der Waals surface area contributed by atoms with Gasteiger partial charge in [-0.15, -0.1) is 0 Å². The summed E-state index contributed by atoms with van der Waals surface area (Å²) in [6.45, 7) is 0. The average Bonchev–Trinajstić information content (AvgIpc) is 2.34. The molecule has 0 aromatic heterocycles. The van der Waals surface area contributed by atoms with Crippen LogP contribution < -0.4 is 4.74 Å². The Morgan fingerprint density at radius 1 is 1.16 bits per heavy atom. The van der Waals surface area contributed by atoms with Crippen molar-refractivity contribution >= 4 is 16.7 Å². The summed E-state index contributed by atoms with van der Waals surface area (Å²) in [7, 11) is 1.14. The van der Waals surface area contributed by atoms with Crippen LogP contribution in [0.1, 0.15) is 15.9 Å². The van der Waals surface area contributed by atoms with Crippen LogP contribution in [0.25, 0.3) is 10.8 Å². The fourth-order valence-electron chi connectivity index (χ4n) is 1.99. The lowest BCUT2D eigenvalue weighted by atomic mass is 9.99. The first-order chi connectivity index (χ1) is 8.86. The number of hydrogen-bond acceptors (Lipinski definition) is 2. The number of carboxylic acid groups (broad SMARTS) is 1. The zero-order valence-corrected chi connectivity index (χ0v) is 9.78. The van der Waals surface area contributed by atoms with Crippen LogP contribution in [0.3, 0.4) is 0 Å². The monoisotopic (exact) mass is 270 g/mol. The van der Waals surface area contributed by atoms with Gasteiger partial charge in [-0.3, -0.25) is 0 Å². The molecule has 0 aliphatic carbocycles. The quantitative estimate of drug-likeness (QED) is 0.907. The van der Waals surface area contributed by atoms with Gasteiger partial charge in [-0.05, 0) is 29.0 Å². The smallest absolute Gasteiger partial charge is 0.420 e. The van der Waals surface area contributed by atoms with Crippen molar-refractivity contribution in [2.45, 2.75) is 6.18 Å². The fraction of sp³-hybridized carbons (Fsp3) is 0.154. The lowest BCUT2D eigenvalue weighted by Gasteiger charge is -2.15. The minimum Gasteiger partial charge on any atom is -0.496 e. The van der Waals surface area contributed by atoms with E-state index in [4.69, 9.17) is 9.84 Å². The third kappa shape index (κ3) is 2.21. The molecule has 0 radical (unpaired) electrons. The number of carboxylic acids is 1. The van der Waals surface area contributed by atoms with Crippen LogP contribution in [0, 0.1) is 0 Å². The lowest BCUT2D eigenvalue weighted by Crippen LogP contribution is -2.09. The van der Waals surface area contributed by atoms with Crippen LogP contribution in [0.2, 0.25) is 0 Å². The number of hydrogen-bond donors (Lipinski definition) is 1. The normalized spacial score (nSPS) is 11.6. The molecule has 0 spiro atoms. The Morgan fingerprint density at radius 3 is 2.37 bits per heavy atom. The first kappa shape index (κ1) is 13.2. The average molecular weight is 270 g/mol. The molecule has 0 aliphatic heterocycles. The summed E-state index contributed by atoms with van der Waals surface area (Å²) in [6, 6.07) is 6.20. The van der Waals surface area contributed by atoms with Gasteiger partial charge in [0.05, 0.1) is 12.7 Å². The van der Waals surface area contributed by atoms with Crippen molar-refractivity contribution in [3.63, 3.8) is 0 Å². The lowest BCUT2D eigenvalue weighted by molar-refractivity contribution is -0.137. The molecule has 3 nitrogen and oxygen atoms in total. The Kier molecular flexibility index (Phi) is 3.09. The summed E-state index contributed by atoms with van der Waals surface area (Å²) < 4.78 is 43.9. The fourth-order valence-corrected chi connectivity index (χ4v) is 1.99. The molecule has 0 aliphatic rings. The number of aromatic carboxylic acids is 1. The topological polar surface area (TPSA) is 46.5 Å². The van der Waals surface area contributed by atoms with Gasteiger partial charge in [-0.1, -0.05) is 12.1 Å². The molecule has 0 unspecified atom stereocenters. The van der Waals surface area contributed by atoms with Crippen LogP contribution in [0.15, 0.2) is 30.3 Å². The Labute approximate surface area is 106 Å². The molecule has 0 atom stereocenters. The number of carbonyl (C=O) groups is 1. The summed E-state index contributed by atoms with van der Waals surface area (Å²) in [5.74, 6) is -1.61. The van der Waals surface area contributed by atoms with Crippen molar-refractivity contribution in [2.75, 3.05) is 7.11 Å². The SMILES string of the molecule is COc1ccc2c(C(=O)O)cccc2c1C(F)(F)F. The minimum atomic E-state index is -4.62. The van der Waals surface area contributed by atoms with Crippen molar-refractivity contribution in [2.24, 2.45) is 0 Å². The number of alkyl halides is 3. The molecule has 1 N–H and O–H groups in total. The van der Waals surface area contributed by atoms with Gasteiger partial charge in [0.1, 0.15) is 11.3 Å². The zero-order chi connectivity index (χ0) is 14.2. The predicted molar refractivity (Wildman–Crippen MR) is 62.5 cm³/mol. The highest BCUT2D eigenvalue weighted by Crippen LogP contribution is 2.41. The van der Waals surface area contributed by atoms with Crippen LogP contribution in [0.4, 0.5) is 13.2 Å². The van der Waals surface area contributed by atoms with Crippen molar-refractivity contribution in [1.29, 1.82) is 0 Å². The van der Waals surface area contributed by atoms with Crippen LogP contribution >= 0.6 is 0 Å². The van der Waals surface area contributed by atoms with Gasteiger partial charge in [-0.2, -0.15) is 13.2 Å². The molecule has 0 fully saturated rings. The van der Waals surface area contributed by atoms with E-state index in [9.17, 15) is 18.0 Å². The first-order valence-corrected chi connectivity index (χ1v) is 5.26. The van der Waals surface area contributed by atoms with E-state index in [-0.39, 0.29) is 22.1 Å². The van der Waals surface area contributed by atoms with E-state index < -0.39 is 17.7 Å². The Bertz CT molecular complexity index is 647. The summed E-state index contributed by atoms with van der Waals surface area (Å²) in [4.78, 5) is 11.0. The molecule has 0 saturated carbocycles. The zero-order valence-electron chi connectivity index (χ0n) is 9.78. The number of ether oxygens (including phenoxy) is 1. The molecule has 2 rings (SSSR count). The molecule has 100 valence electrons. The molecule has 19 heavy (non-hydrogen) atoms. The second kappa shape index (κ2) is 4.46. The Balaban J connectivity index is 2.91. The predicted octanol–water partition coefficient (Wildman–Crippen LogP) is 3.57. The second-order valence-electron chi connectivity index (χ2n) is 3.85. The summed E-state index contributed by atoms with van der Waals surface area (Å²) >= 11 is 0. The van der Waals surface area contributed by atoms with Crippen LogP contribution in [-0.2, 0) is 6.18 Å². The molecule has 2 aromatic rings. The molecule has 0 bridgehead atoms. The van der Waals surface area contributed by atoms with Gasteiger partial charge < -0.3 is 9.84 Å². The Morgan fingerprint density at radius 2 is 1.84 bits per heavy atom. The van der Waals surface area contributed by atoms with E-state index in [1.54, 1.807) is 0 Å². The van der Waals surface area contributed by atoms with Crippen LogP contribution in [0.5, 0.6) is 5.75 Å². The number of rotatable bonds is 2. The van der Waals surface area contributed by atoms with Gasteiger partial charge in [0, 0.05) is 0 Å². The van der Waals surface area contributed by atoms with Crippen LogP contribution in [-0.4, -0.2) is 18.2 Å². The highest BCUT2D eigenvalue weighted by atomic mass is 19.4. The molecule has 2 aromatic carbocycles. The summed E-state index contributed by atoms with van der Waals surface area (Å²) in [5.41, 5.74) is -1.14. The highest BCUT2D eigenvalue weighted by molar-refractivity contribution is 6.05. The molecule has 6 heteroatoms. The number of halogens is 3. The van der Waals surface area contributed by atoms with Gasteiger partial charge in [0.15, 0.2) is 0 Å². The molecule has 0 saturated heterocycles. The van der Waals surface area contributed by atoms with E-state index in [1.807, 2.05) is 0 Å². The molecule has 0 heterocycles. The van der Waals surface area contributed by atoms with Gasteiger partial charge in [0.25, 0.3) is 0 Å². The van der Waals surface area contributed by atoms with E-state index in [1.165, 1.54) is 24.3 Å². The minimum absolute atomic E-state index is 0.0307. The third-order valence-electron chi connectivity index (χ3n) is 2.76. The maximum atomic E-state index is 13.1.